The maximum atomic E-state index is 12.7. The third-order valence-electron chi connectivity index (χ3n) is 3.56. The number of amidine groups is 1. The zero-order valence-electron chi connectivity index (χ0n) is 15.6. The summed E-state index contributed by atoms with van der Waals surface area (Å²) in [7, 11) is 0. The first kappa shape index (κ1) is 27.1. The highest BCUT2D eigenvalue weighted by Crippen LogP contribution is 2.29. The minimum atomic E-state index is -0.397. The molecule has 1 aromatic heterocycles. The molecule has 2 aromatic rings. The number of carbonyl (C=O) groups is 1. The lowest BCUT2D eigenvalue weighted by molar-refractivity contribution is 0.102. The van der Waals surface area contributed by atoms with Gasteiger partial charge in [-0.05, 0) is 40.2 Å². The fraction of sp³-hybridized carbons (Fsp3) is 0.143. The van der Waals surface area contributed by atoms with Gasteiger partial charge in [0.25, 0.3) is 5.91 Å². The van der Waals surface area contributed by atoms with E-state index in [1.165, 1.54) is 4.90 Å². The Bertz CT molecular complexity index is 920. The van der Waals surface area contributed by atoms with E-state index in [0.29, 0.717) is 28.0 Å². The molecule has 0 fully saturated rings. The molecule has 160 valence electrons. The van der Waals surface area contributed by atoms with Crippen LogP contribution in [0.5, 0.6) is 5.75 Å². The molecule has 7 nitrogen and oxygen atoms in total. The summed E-state index contributed by atoms with van der Waals surface area (Å²) in [6, 6.07) is 10.1. The first-order valence-electron chi connectivity index (χ1n) is 8.29. The normalized spacial score (nSPS) is 9.23. The summed E-state index contributed by atoms with van der Waals surface area (Å²) in [5, 5.41) is 18.3. The lowest BCUT2D eigenvalue weighted by Gasteiger charge is -2.17. The Balaban J connectivity index is 0.00000420. The molecule has 2 rings (SSSR count). The molecule has 0 aliphatic carbocycles. The molecule has 0 bridgehead atoms. The maximum absolute atomic E-state index is 12.7. The van der Waals surface area contributed by atoms with Crippen molar-refractivity contribution >= 4 is 53.3 Å². The SMILES string of the molecule is C.C=CCOc1c(Br)cccc1C(=O)Nc1cccc(C(=N)N(C=N)CC=C)n1.S. The van der Waals surface area contributed by atoms with E-state index in [1.54, 1.807) is 48.6 Å². The maximum Gasteiger partial charge on any atom is 0.260 e. The molecular formula is C21H26BrN5O2S. The van der Waals surface area contributed by atoms with Gasteiger partial charge in [0, 0.05) is 6.54 Å². The van der Waals surface area contributed by atoms with E-state index in [4.69, 9.17) is 15.6 Å². The lowest BCUT2D eigenvalue weighted by Crippen LogP contribution is -2.30. The van der Waals surface area contributed by atoms with Gasteiger partial charge in [-0.1, -0.05) is 38.3 Å². The minimum absolute atomic E-state index is 0. The second kappa shape index (κ2) is 13.3. The molecule has 1 aromatic carbocycles. The number of nitrogens with one attached hydrogen (secondary N) is 3. The average molecular weight is 492 g/mol. The van der Waals surface area contributed by atoms with Crippen molar-refractivity contribution in [3.8, 4) is 5.75 Å². The molecule has 3 N–H and O–H groups in total. The zero-order valence-corrected chi connectivity index (χ0v) is 18.2. The number of aromatic nitrogens is 1. The number of halogens is 1. The standard InChI is InChI=1S/C20H20BrN5O2.CH4.H2S/c1-3-11-26(13-22)19(23)16-9-6-10-17(24-16)25-20(27)14-7-5-8-15(21)18(14)28-12-4-2;;/h3-10,13,22-23H,1-2,11-12H2,(H,24,25,27);1H4;1H2. The number of nitrogens with zero attached hydrogens (tertiary/aromatic N) is 2. The van der Waals surface area contributed by atoms with E-state index < -0.39 is 5.91 Å². The van der Waals surface area contributed by atoms with Gasteiger partial charge in [0.1, 0.15) is 23.9 Å². The van der Waals surface area contributed by atoms with E-state index in [0.717, 1.165) is 6.34 Å². The van der Waals surface area contributed by atoms with E-state index >= 15 is 0 Å². The van der Waals surface area contributed by atoms with Gasteiger partial charge >= 0.3 is 0 Å². The summed E-state index contributed by atoms with van der Waals surface area (Å²) < 4.78 is 6.24. The molecule has 1 heterocycles. The predicted molar refractivity (Wildman–Crippen MR) is 132 cm³/mol. The Morgan fingerprint density at radius 1 is 1.23 bits per heavy atom. The first-order chi connectivity index (χ1) is 13.5. The van der Waals surface area contributed by atoms with Gasteiger partial charge in [-0.2, -0.15) is 13.5 Å². The molecule has 0 atom stereocenters. The van der Waals surface area contributed by atoms with Gasteiger partial charge in [0.15, 0.2) is 5.84 Å². The number of hydrogen-bond donors (Lipinski definition) is 3. The van der Waals surface area contributed by atoms with Crippen molar-refractivity contribution in [2.24, 2.45) is 0 Å². The van der Waals surface area contributed by atoms with E-state index in [1.807, 2.05) is 0 Å². The van der Waals surface area contributed by atoms with Crippen LogP contribution in [0, 0.1) is 10.8 Å². The van der Waals surface area contributed by atoms with Gasteiger partial charge in [-0.25, -0.2) is 4.98 Å². The fourth-order valence-electron chi connectivity index (χ4n) is 2.29. The topological polar surface area (TPSA) is 102 Å². The Morgan fingerprint density at radius 3 is 2.57 bits per heavy atom. The molecule has 0 saturated carbocycles. The Hall–Kier alpha value is -2.91. The predicted octanol–water partition coefficient (Wildman–Crippen LogP) is 4.83. The molecule has 9 heteroatoms. The number of pyridine rings is 1. The molecular weight excluding hydrogens is 466 g/mol. The Morgan fingerprint density at radius 2 is 1.93 bits per heavy atom. The van der Waals surface area contributed by atoms with E-state index in [-0.39, 0.29) is 39.2 Å². The number of carbonyl (C=O) groups excluding carboxylic acids is 1. The van der Waals surface area contributed by atoms with Gasteiger partial charge in [0.2, 0.25) is 0 Å². The summed E-state index contributed by atoms with van der Waals surface area (Å²) in [5.41, 5.74) is 0.659. The Labute approximate surface area is 192 Å². The molecule has 0 aliphatic heterocycles. The Kier molecular flexibility index (Phi) is 12.0. The quantitative estimate of drug-likeness (QED) is 0.265. The lowest BCUT2D eigenvalue weighted by atomic mass is 10.2. The summed E-state index contributed by atoms with van der Waals surface area (Å²) in [4.78, 5) is 18.4. The highest BCUT2D eigenvalue weighted by atomic mass is 79.9. The summed E-state index contributed by atoms with van der Waals surface area (Å²) in [5.74, 6) is 0.324. The third kappa shape index (κ3) is 6.85. The molecule has 0 spiro atoms. The molecule has 0 unspecified atom stereocenters. The highest BCUT2D eigenvalue weighted by molar-refractivity contribution is 9.10. The van der Waals surface area contributed by atoms with Crippen LogP contribution in [0.25, 0.3) is 0 Å². The van der Waals surface area contributed by atoms with Crippen LogP contribution in [0.2, 0.25) is 0 Å². The van der Waals surface area contributed by atoms with Crippen LogP contribution in [0.4, 0.5) is 5.82 Å². The van der Waals surface area contributed by atoms with Gasteiger partial charge in [-0.15, -0.1) is 6.58 Å². The van der Waals surface area contributed by atoms with Crippen molar-refractivity contribution in [1.82, 2.24) is 9.88 Å². The molecule has 0 radical (unpaired) electrons. The number of hydrogen-bond acceptors (Lipinski definition) is 5. The monoisotopic (exact) mass is 491 g/mol. The van der Waals surface area contributed by atoms with Crippen molar-refractivity contribution in [3.63, 3.8) is 0 Å². The van der Waals surface area contributed by atoms with Crippen molar-refractivity contribution in [3.05, 3.63) is 77.4 Å². The molecule has 0 aliphatic rings. The number of para-hydroxylation sites is 1. The van der Waals surface area contributed by atoms with Crippen molar-refractivity contribution in [1.29, 1.82) is 10.8 Å². The molecule has 1 amide bonds. The van der Waals surface area contributed by atoms with Gasteiger partial charge in [0.05, 0.1) is 16.4 Å². The number of anilines is 1. The van der Waals surface area contributed by atoms with Crippen molar-refractivity contribution in [2.45, 2.75) is 7.43 Å². The van der Waals surface area contributed by atoms with Crippen LogP contribution in [0.3, 0.4) is 0 Å². The first-order valence-corrected chi connectivity index (χ1v) is 9.08. The minimum Gasteiger partial charge on any atom is -0.488 e. The van der Waals surface area contributed by atoms with Crippen LogP contribution in [0.1, 0.15) is 23.5 Å². The molecule has 30 heavy (non-hydrogen) atoms. The smallest absolute Gasteiger partial charge is 0.260 e. The highest BCUT2D eigenvalue weighted by Gasteiger charge is 2.17. The molecule has 0 saturated heterocycles. The van der Waals surface area contributed by atoms with Crippen LogP contribution in [0.15, 0.2) is 66.2 Å². The van der Waals surface area contributed by atoms with Crippen LogP contribution in [-0.4, -0.2) is 41.1 Å². The van der Waals surface area contributed by atoms with Crippen molar-refractivity contribution in [2.75, 3.05) is 18.5 Å². The largest absolute Gasteiger partial charge is 0.488 e. The van der Waals surface area contributed by atoms with E-state index in [9.17, 15) is 4.79 Å². The van der Waals surface area contributed by atoms with Crippen LogP contribution < -0.4 is 10.1 Å². The van der Waals surface area contributed by atoms with Gasteiger partial charge in [-0.3, -0.25) is 15.6 Å². The third-order valence-corrected chi connectivity index (χ3v) is 4.18. The summed E-state index contributed by atoms with van der Waals surface area (Å²) >= 11 is 3.38. The fourth-order valence-corrected chi connectivity index (χ4v) is 2.77. The summed E-state index contributed by atoms with van der Waals surface area (Å²) in [6.45, 7) is 7.79. The number of amides is 1. The zero-order chi connectivity index (χ0) is 20.5. The van der Waals surface area contributed by atoms with E-state index in [2.05, 4.69) is 39.4 Å². The second-order valence-corrected chi connectivity index (χ2v) is 6.35. The van der Waals surface area contributed by atoms with Crippen LogP contribution >= 0.6 is 29.4 Å². The average Bonchev–Trinajstić information content (AvgIpc) is 2.70. The summed E-state index contributed by atoms with van der Waals surface area (Å²) in [6.07, 6.45) is 4.21. The number of ether oxygens (including phenoxy) is 1. The van der Waals surface area contributed by atoms with Gasteiger partial charge < -0.3 is 15.0 Å². The second-order valence-electron chi connectivity index (χ2n) is 5.50. The number of benzene rings is 1. The number of rotatable bonds is 9. The van der Waals surface area contributed by atoms with Crippen LogP contribution in [-0.2, 0) is 0 Å². The van der Waals surface area contributed by atoms with Crippen molar-refractivity contribution < 1.29 is 9.53 Å².